The van der Waals surface area contributed by atoms with Gasteiger partial charge in [0, 0.05) is 18.5 Å². The Bertz CT molecular complexity index is 671. The molecule has 0 unspecified atom stereocenters. The third kappa shape index (κ3) is 2.85. The molecule has 0 aromatic heterocycles. The highest BCUT2D eigenvalue weighted by atomic mass is 32.2. The van der Waals surface area contributed by atoms with Crippen molar-refractivity contribution in [1.82, 2.24) is 4.31 Å². The maximum absolute atomic E-state index is 12.7. The van der Waals surface area contributed by atoms with Crippen molar-refractivity contribution in [2.45, 2.75) is 18.2 Å². The molecule has 20 heavy (non-hydrogen) atoms. The second-order valence-corrected chi connectivity index (χ2v) is 6.51. The lowest BCUT2D eigenvalue weighted by Gasteiger charge is -2.21. The molecule has 0 aliphatic heterocycles. The number of benzene rings is 2. The maximum Gasteiger partial charge on any atom is 0.243 e. The average Bonchev–Trinajstić information content (AvgIpc) is 2.46. The summed E-state index contributed by atoms with van der Waals surface area (Å²) in [6.45, 7) is 2.28. The van der Waals surface area contributed by atoms with Crippen LogP contribution in [0.2, 0.25) is 0 Å². The number of aliphatic hydroxyl groups excluding tert-OH is 1. The number of nitrogens with zero attached hydrogens (tertiary/aromatic N) is 1. The normalized spacial score (nSPS) is 12.2. The van der Waals surface area contributed by atoms with Gasteiger partial charge in [-0.15, -0.1) is 0 Å². The molecule has 1 N–H and O–H groups in total. The van der Waals surface area contributed by atoms with Crippen LogP contribution in [0.25, 0.3) is 10.8 Å². The zero-order chi connectivity index (χ0) is 14.6. The number of rotatable bonds is 6. The predicted octanol–water partition coefficient (Wildman–Crippen LogP) is 2.23. The largest absolute Gasteiger partial charge is 0.395 e. The second-order valence-electron chi connectivity index (χ2n) is 4.60. The zero-order valence-electron chi connectivity index (χ0n) is 11.5. The molecule has 108 valence electrons. The highest BCUT2D eigenvalue weighted by Gasteiger charge is 2.24. The summed E-state index contributed by atoms with van der Waals surface area (Å²) in [4.78, 5) is 0.303. The summed E-state index contributed by atoms with van der Waals surface area (Å²) in [5, 5.41) is 10.7. The van der Waals surface area contributed by atoms with Crippen molar-refractivity contribution < 1.29 is 13.5 Å². The minimum absolute atomic E-state index is 0.124. The van der Waals surface area contributed by atoms with E-state index < -0.39 is 10.0 Å². The first-order valence-electron chi connectivity index (χ1n) is 6.70. The van der Waals surface area contributed by atoms with Crippen molar-refractivity contribution in [1.29, 1.82) is 0 Å². The van der Waals surface area contributed by atoms with E-state index in [1.165, 1.54) is 4.31 Å². The summed E-state index contributed by atoms with van der Waals surface area (Å²) < 4.78 is 26.8. The summed E-state index contributed by atoms with van der Waals surface area (Å²) in [5.74, 6) is 0. The van der Waals surface area contributed by atoms with Gasteiger partial charge in [0.05, 0.1) is 11.5 Å². The Morgan fingerprint density at radius 3 is 2.45 bits per heavy atom. The SMILES string of the molecule is CCCN(CCO)S(=O)(=O)c1cccc2ccccc12. The molecule has 2 rings (SSSR count). The summed E-state index contributed by atoms with van der Waals surface area (Å²) in [6.07, 6.45) is 0.712. The molecule has 5 heteroatoms. The van der Waals surface area contributed by atoms with Gasteiger partial charge in [-0.2, -0.15) is 4.31 Å². The summed E-state index contributed by atoms with van der Waals surface area (Å²) in [7, 11) is -3.58. The zero-order valence-corrected chi connectivity index (χ0v) is 12.3. The van der Waals surface area contributed by atoms with E-state index in [0.29, 0.717) is 23.2 Å². The number of aliphatic hydroxyl groups is 1. The van der Waals surface area contributed by atoms with Crippen LogP contribution in [0.3, 0.4) is 0 Å². The fourth-order valence-electron chi connectivity index (χ4n) is 2.27. The van der Waals surface area contributed by atoms with Gasteiger partial charge < -0.3 is 5.11 Å². The van der Waals surface area contributed by atoms with E-state index >= 15 is 0 Å². The molecular weight excluding hydrogens is 274 g/mol. The lowest BCUT2D eigenvalue weighted by atomic mass is 10.1. The van der Waals surface area contributed by atoms with Crippen molar-refractivity contribution in [2.24, 2.45) is 0 Å². The molecule has 0 aliphatic carbocycles. The molecule has 2 aromatic rings. The van der Waals surface area contributed by atoms with Crippen LogP contribution in [0.4, 0.5) is 0 Å². The molecule has 0 atom stereocenters. The van der Waals surface area contributed by atoms with E-state index in [9.17, 15) is 8.42 Å². The summed E-state index contributed by atoms with van der Waals surface area (Å²) >= 11 is 0. The molecule has 0 spiro atoms. The van der Waals surface area contributed by atoms with Gasteiger partial charge in [-0.1, -0.05) is 43.3 Å². The van der Waals surface area contributed by atoms with Crippen molar-refractivity contribution in [3.8, 4) is 0 Å². The molecule has 0 aliphatic rings. The molecule has 2 aromatic carbocycles. The first-order chi connectivity index (χ1) is 9.61. The molecule has 0 saturated carbocycles. The highest BCUT2D eigenvalue weighted by Crippen LogP contribution is 2.25. The van der Waals surface area contributed by atoms with Gasteiger partial charge in [0.1, 0.15) is 0 Å². The van der Waals surface area contributed by atoms with Crippen LogP contribution in [0.15, 0.2) is 47.4 Å². The van der Waals surface area contributed by atoms with E-state index in [1.807, 2.05) is 37.3 Å². The van der Waals surface area contributed by atoms with Crippen LogP contribution >= 0.6 is 0 Å². The molecule has 0 amide bonds. The molecule has 0 bridgehead atoms. The van der Waals surface area contributed by atoms with E-state index in [0.717, 1.165) is 5.39 Å². The van der Waals surface area contributed by atoms with Crippen molar-refractivity contribution in [3.63, 3.8) is 0 Å². The minimum atomic E-state index is -3.58. The van der Waals surface area contributed by atoms with E-state index in [1.54, 1.807) is 12.1 Å². The second kappa shape index (κ2) is 6.35. The smallest absolute Gasteiger partial charge is 0.243 e. The van der Waals surface area contributed by atoms with Gasteiger partial charge in [0.15, 0.2) is 0 Å². The van der Waals surface area contributed by atoms with E-state index in [-0.39, 0.29) is 13.2 Å². The fourth-order valence-corrected chi connectivity index (χ4v) is 4.01. The Balaban J connectivity index is 2.56. The van der Waals surface area contributed by atoms with E-state index in [2.05, 4.69) is 0 Å². The van der Waals surface area contributed by atoms with Gasteiger partial charge in [-0.25, -0.2) is 8.42 Å². The Kier molecular flexibility index (Phi) is 4.75. The molecule has 0 saturated heterocycles. The van der Waals surface area contributed by atoms with E-state index in [4.69, 9.17) is 5.11 Å². The Morgan fingerprint density at radius 2 is 1.75 bits per heavy atom. The summed E-state index contributed by atoms with van der Waals surface area (Å²) in [5.41, 5.74) is 0. The van der Waals surface area contributed by atoms with Gasteiger partial charge in [-0.05, 0) is 17.9 Å². The topological polar surface area (TPSA) is 57.6 Å². The van der Waals surface area contributed by atoms with Crippen molar-refractivity contribution in [2.75, 3.05) is 19.7 Å². The van der Waals surface area contributed by atoms with Crippen LogP contribution in [-0.2, 0) is 10.0 Å². The number of sulfonamides is 1. The van der Waals surface area contributed by atoms with Gasteiger partial charge in [0.2, 0.25) is 10.0 Å². The Labute approximate surface area is 119 Å². The Hall–Kier alpha value is -1.43. The first-order valence-corrected chi connectivity index (χ1v) is 8.14. The Morgan fingerprint density at radius 1 is 1.05 bits per heavy atom. The van der Waals surface area contributed by atoms with Crippen LogP contribution < -0.4 is 0 Å². The van der Waals surface area contributed by atoms with Gasteiger partial charge >= 0.3 is 0 Å². The van der Waals surface area contributed by atoms with Crippen LogP contribution in [0, 0.1) is 0 Å². The minimum Gasteiger partial charge on any atom is -0.395 e. The number of hydrogen-bond acceptors (Lipinski definition) is 3. The number of hydrogen-bond donors (Lipinski definition) is 1. The first kappa shape index (κ1) is 15.0. The quantitative estimate of drug-likeness (QED) is 0.888. The lowest BCUT2D eigenvalue weighted by Crippen LogP contribution is -2.34. The average molecular weight is 293 g/mol. The van der Waals surface area contributed by atoms with Crippen molar-refractivity contribution in [3.05, 3.63) is 42.5 Å². The van der Waals surface area contributed by atoms with Crippen molar-refractivity contribution >= 4 is 20.8 Å². The molecular formula is C15H19NO3S. The maximum atomic E-state index is 12.7. The van der Waals surface area contributed by atoms with Gasteiger partial charge in [-0.3, -0.25) is 0 Å². The van der Waals surface area contributed by atoms with Crippen LogP contribution in [0.5, 0.6) is 0 Å². The van der Waals surface area contributed by atoms with Crippen LogP contribution in [-0.4, -0.2) is 37.5 Å². The fraction of sp³-hybridized carbons (Fsp3) is 0.333. The van der Waals surface area contributed by atoms with Gasteiger partial charge in [0.25, 0.3) is 0 Å². The monoisotopic (exact) mass is 293 g/mol. The highest BCUT2D eigenvalue weighted by molar-refractivity contribution is 7.89. The molecule has 0 radical (unpaired) electrons. The standard InChI is InChI=1S/C15H19NO3S/c1-2-10-16(11-12-17)20(18,19)15-9-5-7-13-6-3-4-8-14(13)15/h3-9,17H,2,10-12H2,1H3. The molecule has 4 nitrogen and oxygen atoms in total. The predicted molar refractivity (Wildman–Crippen MR) is 80.1 cm³/mol. The van der Waals surface area contributed by atoms with Crippen LogP contribution in [0.1, 0.15) is 13.3 Å². The summed E-state index contributed by atoms with van der Waals surface area (Å²) in [6, 6.07) is 12.7. The number of fused-ring (bicyclic) bond motifs is 1. The molecule has 0 heterocycles. The molecule has 0 fully saturated rings. The third-order valence-electron chi connectivity index (χ3n) is 3.19. The third-order valence-corrected chi connectivity index (χ3v) is 5.15. The lowest BCUT2D eigenvalue weighted by molar-refractivity contribution is 0.253.